The van der Waals surface area contributed by atoms with Crippen LogP contribution in [0.5, 0.6) is 11.5 Å². The Hall–Kier alpha value is -3.40. The number of ketones is 2. The molecule has 0 saturated heterocycles. The van der Waals surface area contributed by atoms with E-state index in [0.717, 1.165) is 59.3 Å². The summed E-state index contributed by atoms with van der Waals surface area (Å²) in [6, 6.07) is 20.9. The van der Waals surface area contributed by atoms with Gasteiger partial charge in [0.15, 0.2) is 11.6 Å². The van der Waals surface area contributed by atoms with Gasteiger partial charge in [0, 0.05) is 24.0 Å². The molecular formula is C27H26O4. The van der Waals surface area contributed by atoms with Crippen LogP contribution in [0.2, 0.25) is 0 Å². The van der Waals surface area contributed by atoms with Crippen molar-refractivity contribution in [1.29, 1.82) is 0 Å². The highest BCUT2D eigenvalue weighted by molar-refractivity contribution is 5.99. The van der Waals surface area contributed by atoms with E-state index in [1.54, 1.807) is 18.2 Å². The van der Waals surface area contributed by atoms with Gasteiger partial charge in [-0.1, -0.05) is 30.3 Å². The van der Waals surface area contributed by atoms with Crippen LogP contribution in [0.1, 0.15) is 63.1 Å². The molecule has 3 aromatic carbocycles. The van der Waals surface area contributed by atoms with E-state index < -0.39 is 0 Å². The normalized spacial score (nSPS) is 14.7. The molecule has 0 spiro atoms. The van der Waals surface area contributed by atoms with Gasteiger partial charge in [-0.2, -0.15) is 0 Å². The Morgan fingerprint density at radius 2 is 1.32 bits per heavy atom. The van der Waals surface area contributed by atoms with Crippen LogP contribution in [0.25, 0.3) is 0 Å². The predicted octanol–water partition coefficient (Wildman–Crippen LogP) is 5.70. The molecule has 1 N–H and O–H groups in total. The average molecular weight is 415 g/mol. The first-order valence-corrected chi connectivity index (χ1v) is 10.8. The summed E-state index contributed by atoms with van der Waals surface area (Å²) in [5.74, 6) is 1.56. The minimum atomic E-state index is 0.205. The average Bonchev–Trinajstić information content (AvgIpc) is 2.79. The Labute approximate surface area is 182 Å². The van der Waals surface area contributed by atoms with E-state index in [-0.39, 0.29) is 17.3 Å². The minimum Gasteiger partial charge on any atom is -0.508 e. The number of aromatic hydroxyl groups is 1. The van der Waals surface area contributed by atoms with E-state index in [4.69, 9.17) is 9.84 Å². The molecular weight excluding hydrogens is 388 g/mol. The zero-order chi connectivity index (χ0) is 21.6. The first-order chi connectivity index (χ1) is 15.1. The number of benzene rings is 3. The number of carbonyl (C=O) groups excluding carboxylic acids is 2. The van der Waals surface area contributed by atoms with Gasteiger partial charge in [-0.05, 0) is 78.8 Å². The standard InChI is InChI=1S/C17H16O2.C10H10O2/c18-17-8-4-7-14-11-15(9-10-16(14)17)19-12-13-5-2-1-3-6-13;11-8-4-5-9-7(6-8)2-1-3-10(9)12/h1-3,5-6,9-11H,4,7-8,12H2;4-6,11H,1-3H2. The molecule has 4 nitrogen and oxygen atoms in total. The smallest absolute Gasteiger partial charge is 0.163 e. The van der Waals surface area contributed by atoms with Gasteiger partial charge in [-0.3, -0.25) is 9.59 Å². The summed E-state index contributed by atoms with van der Waals surface area (Å²) < 4.78 is 5.78. The maximum atomic E-state index is 11.7. The van der Waals surface area contributed by atoms with Crippen molar-refractivity contribution in [2.45, 2.75) is 45.1 Å². The Bertz CT molecular complexity index is 1090. The van der Waals surface area contributed by atoms with Crippen molar-refractivity contribution < 1.29 is 19.4 Å². The van der Waals surface area contributed by atoms with Crippen molar-refractivity contribution in [3.63, 3.8) is 0 Å². The number of aryl methyl sites for hydroxylation is 2. The van der Waals surface area contributed by atoms with Crippen molar-refractivity contribution in [1.82, 2.24) is 0 Å². The number of ether oxygens (including phenoxy) is 1. The minimum absolute atomic E-state index is 0.205. The van der Waals surface area contributed by atoms with Crippen molar-refractivity contribution in [2.75, 3.05) is 0 Å². The molecule has 5 rings (SSSR count). The number of hydrogen-bond acceptors (Lipinski definition) is 4. The monoisotopic (exact) mass is 414 g/mol. The van der Waals surface area contributed by atoms with Crippen molar-refractivity contribution in [3.8, 4) is 11.5 Å². The summed E-state index contributed by atoms with van der Waals surface area (Å²) >= 11 is 0. The third kappa shape index (κ3) is 5.21. The fourth-order valence-corrected chi connectivity index (χ4v) is 4.09. The molecule has 2 aliphatic rings. The molecule has 0 fully saturated rings. The molecule has 0 aromatic heterocycles. The molecule has 0 radical (unpaired) electrons. The maximum Gasteiger partial charge on any atom is 0.163 e. The fourth-order valence-electron chi connectivity index (χ4n) is 4.09. The second-order valence-corrected chi connectivity index (χ2v) is 7.99. The Kier molecular flexibility index (Phi) is 6.46. The van der Waals surface area contributed by atoms with Gasteiger partial charge in [0.05, 0.1) is 0 Å². The Morgan fingerprint density at radius 3 is 2.00 bits per heavy atom. The SMILES string of the molecule is O=C1CCCc2cc(O)ccc21.O=C1CCCc2cc(OCc3ccccc3)ccc21. The lowest BCUT2D eigenvalue weighted by molar-refractivity contribution is 0.0964. The first kappa shape index (κ1) is 20.9. The third-order valence-corrected chi connectivity index (χ3v) is 5.71. The lowest BCUT2D eigenvalue weighted by Gasteiger charge is -2.16. The van der Waals surface area contributed by atoms with Crippen LogP contribution in [0.4, 0.5) is 0 Å². The molecule has 4 heteroatoms. The third-order valence-electron chi connectivity index (χ3n) is 5.71. The van der Waals surface area contributed by atoms with Gasteiger partial charge in [0.2, 0.25) is 0 Å². The molecule has 0 amide bonds. The zero-order valence-electron chi connectivity index (χ0n) is 17.5. The van der Waals surface area contributed by atoms with Crippen LogP contribution in [0, 0.1) is 0 Å². The van der Waals surface area contributed by atoms with Crippen molar-refractivity contribution in [3.05, 3.63) is 94.5 Å². The van der Waals surface area contributed by atoms with E-state index in [1.807, 2.05) is 48.5 Å². The number of hydrogen-bond donors (Lipinski definition) is 1. The predicted molar refractivity (Wildman–Crippen MR) is 120 cm³/mol. The summed E-state index contributed by atoms with van der Waals surface area (Å²) in [6.07, 6.45) is 5.08. The lowest BCUT2D eigenvalue weighted by atomic mass is 9.90. The second kappa shape index (κ2) is 9.61. The van der Waals surface area contributed by atoms with E-state index in [1.165, 1.54) is 0 Å². The van der Waals surface area contributed by atoms with Crippen molar-refractivity contribution in [2.24, 2.45) is 0 Å². The summed E-state index contributed by atoms with van der Waals surface area (Å²) in [5.41, 5.74) is 4.93. The van der Waals surface area contributed by atoms with Crippen molar-refractivity contribution >= 4 is 11.6 Å². The first-order valence-electron chi connectivity index (χ1n) is 10.8. The highest BCUT2D eigenvalue weighted by Gasteiger charge is 2.17. The lowest BCUT2D eigenvalue weighted by Crippen LogP contribution is -2.10. The number of Topliss-reactive ketones (excluding diaryl/α,β-unsaturated/α-hetero) is 2. The van der Waals surface area contributed by atoms with Crippen LogP contribution >= 0.6 is 0 Å². The van der Waals surface area contributed by atoms with Gasteiger partial charge < -0.3 is 9.84 Å². The van der Waals surface area contributed by atoms with Gasteiger partial charge in [0.25, 0.3) is 0 Å². The molecule has 0 unspecified atom stereocenters. The number of carbonyl (C=O) groups is 2. The molecule has 31 heavy (non-hydrogen) atoms. The number of fused-ring (bicyclic) bond motifs is 2. The quantitative estimate of drug-likeness (QED) is 0.597. The van der Waals surface area contributed by atoms with Gasteiger partial charge in [-0.25, -0.2) is 0 Å². The summed E-state index contributed by atoms with van der Waals surface area (Å²) in [4.78, 5) is 23.1. The highest BCUT2D eigenvalue weighted by Crippen LogP contribution is 2.26. The number of phenols is 1. The van der Waals surface area contributed by atoms with Crippen LogP contribution < -0.4 is 4.74 Å². The molecule has 0 aliphatic heterocycles. The summed E-state index contributed by atoms with van der Waals surface area (Å²) in [7, 11) is 0. The van der Waals surface area contributed by atoms with Gasteiger partial charge >= 0.3 is 0 Å². The van der Waals surface area contributed by atoms with E-state index in [2.05, 4.69) is 0 Å². The molecule has 3 aromatic rings. The topological polar surface area (TPSA) is 63.6 Å². The largest absolute Gasteiger partial charge is 0.508 e. The number of phenolic OH excluding ortho intramolecular Hbond substituents is 1. The molecule has 158 valence electrons. The summed E-state index contributed by atoms with van der Waals surface area (Å²) in [6.45, 7) is 0.563. The zero-order valence-corrected chi connectivity index (χ0v) is 17.5. The van der Waals surface area contributed by atoms with Gasteiger partial charge in [0.1, 0.15) is 18.1 Å². The molecule has 2 aliphatic carbocycles. The Morgan fingerprint density at radius 1 is 0.710 bits per heavy atom. The van der Waals surface area contributed by atoms with Crippen LogP contribution in [-0.4, -0.2) is 16.7 Å². The van der Waals surface area contributed by atoms with Gasteiger partial charge in [-0.15, -0.1) is 0 Å². The van der Waals surface area contributed by atoms with E-state index in [9.17, 15) is 9.59 Å². The van der Waals surface area contributed by atoms with Crippen LogP contribution in [0.15, 0.2) is 66.7 Å². The van der Waals surface area contributed by atoms with Crippen LogP contribution in [0.3, 0.4) is 0 Å². The molecule has 0 bridgehead atoms. The summed E-state index contributed by atoms with van der Waals surface area (Å²) in [5, 5.41) is 9.16. The fraction of sp³-hybridized carbons (Fsp3) is 0.259. The molecule has 0 saturated carbocycles. The number of rotatable bonds is 3. The van der Waals surface area contributed by atoms with E-state index >= 15 is 0 Å². The highest BCUT2D eigenvalue weighted by atomic mass is 16.5. The molecule has 0 atom stereocenters. The Balaban J connectivity index is 0.000000166. The van der Waals surface area contributed by atoms with Crippen LogP contribution in [-0.2, 0) is 19.4 Å². The maximum absolute atomic E-state index is 11.7. The second-order valence-electron chi connectivity index (χ2n) is 7.99. The molecule has 0 heterocycles. The van der Waals surface area contributed by atoms with E-state index in [0.29, 0.717) is 19.4 Å².